The first-order chi connectivity index (χ1) is 9.01. The Morgan fingerprint density at radius 2 is 2.26 bits per heavy atom. The summed E-state index contributed by atoms with van der Waals surface area (Å²) >= 11 is 1.28. The van der Waals surface area contributed by atoms with Crippen LogP contribution in [-0.4, -0.2) is 26.8 Å². The van der Waals surface area contributed by atoms with Crippen LogP contribution in [0.2, 0.25) is 0 Å². The van der Waals surface area contributed by atoms with Crippen LogP contribution in [0, 0.1) is 0 Å². The summed E-state index contributed by atoms with van der Waals surface area (Å²) in [6.07, 6.45) is 3.74. The number of amides is 1. The van der Waals surface area contributed by atoms with Crippen molar-refractivity contribution in [2.45, 2.75) is 13.3 Å². The predicted molar refractivity (Wildman–Crippen MR) is 71.8 cm³/mol. The van der Waals surface area contributed by atoms with Gasteiger partial charge >= 0.3 is 5.97 Å². The Morgan fingerprint density at radius 1 is 1.53 bits per heavy atom. The Hall–Kier alpha value is -2.15. The van der Waals surface area contributed by atoms with Crippen molar-refractivity contribution in [3.8, 4) is 0 Å². The molecule has 0 bridgehead atoms. The van der Waals surface area contributed by atoms with Gasteiger partial charge in [-0.05, 0) is 12.5 Å². The summed E-state index contributed by atoms with van der Waals surface area (Å²) in [5.41, 5.74) is 0.518. The van der Waals surface area contributed by atoms with Gasteiger partial charge in [0.25, 0.3) is 5.91 Å². The lowest BCUT2D eigenvalue weighted by atomic mass is 10.2. The minimum absolute atomic E-state index is 0.124. The summed E-state index contributed by atoms with van der Waals surface area (Å²) in [6, 6.07) is 1.59. The summed E-state index contributed by atoms with van der Waals surface area (Å²) in [5.74, 6) is -1.41. The normalized spacial score (nSPS) is 10.4. The van der Waals surface area contributed by atoms with Crippen LogP contribution >= 0.6 is 11.3 Å². The number of anilines is 1. The Labute approximate surface area is 113 Å². The van der Waals surface area contributed by atoms with E-state index >= 15 is 0 Å². The van der Waals surface area contributed by atoms with Gasteiger partial charge < -0.3 is 10.4 Å². The van der Waals surface area contributed by atoms with Crippen LogP contribution < -0.4 is 5.32 Å². The van der Waals surface area contributed by atoms with Crippen molar-refractivity contribution >= 4 is 28.2 Å². The first-order valence-corrected chi connectivity index (χ1v) is 6.49. The Kier molecular flexibility index (Phi) is 3.66. The number of carbonyl (C=O) groups excluding carboxylic acids is 1. The highest BCUT2D eigenvalue weighted by Gasteiger charge is 2.18. The zero-order valence-corrected chi connectivity index (χ0v) is 11.3. The molecule has 0 saturated carbocycles. The summed E-state index contributed by atoms with van der Waals surface area (Å²) in [4.78, 5) is 24.0. The molecule has 19 heavy (non-hydrogen) atoms. The molecule has 100 valence electrons. The van der Waals surface area contributed by atoms with Gasteiger partial charge in [0.1, 0.15) is 5.00 Å². The van der Waals surface area contributed by atoms with E-state index in [1.54, 1.807) is 19.3 Å². The van der Waals surface area contributed by atoms with Crippen molar-refractivity contribution in [1.29, 1.82) is 0 Å². The van der Waals surface area contributed by atoms with Crippen LogP contribution in [0.3, 0.4) is 0 Å². The van der Waals surface area contributed by atoms with Crippen LogP contribution in [0.25, 0.3) is 0 Å². The molecule has 2 rings (SSSR count). The molecule has 0 unspecified atom stereocenters. The highest BCUT2D eigenvalue weighted by molar-refractivity contribution is 7.16. The number of rotatable bonds is 4. The number of carboxylic acids is 1. The van der Waals surface area contributed by atoms with Gasteiger partial charge in [-0.25, -0.2) is 4.79 Å². The largest absolute Gasteiger partial charge is 0.478 e. The van der Waals surface area contributed by atoms with Crippen LogP contribution in [0.5, 0.6) is 0 Å². The predicted octanol–water partition coefficient (Wildman–Crippen LogP) is 1.99. The molecule has 0 aromatic carbocycles. The minimum Gasteiger partial charge on any atom is -0.478 e. The molecule has 0 spiro atoms. The van der Waals surface area contributed by atoms with Crippen molar-refractivity contribution in [3.63, 3.8) is 0 Å². The average Bonchev–Trinajstić information content (AvgIpc) is 2.95. The molecule has 2 aromatic rings. The Morgan fingerprint density at radius 3 is 2.79 bits per heavy atom. The van der Waals surface area contributed by atoms with E-state index in [1.165, 1.54) is 22.2 Å². The van der Waals surface area contributed by atoms with Crippen LogP contribution in [0.15, 0.2) is 18.5 Å². The Bertz CT molecular complexity index is 630. The van der Waals surface area contributed by atoms with Crippen molar-refractivity contribution in [2.75, 3.05) is 5.32 Å². The number of hydrogen-bond donors (Lipinski definition) is 2. The maximum absolute atomic E-state index is 11.9. The van der Waals surface area contributed by atoms with Gasteiger partial charge in [-0.3, -0.25) is 9.48 Å². The van der Waals surface area contributed by atoms with Gasteiger partial charge in [0.05, 0.1) is 17.3 Å². The quantitative estimate of drug-likeness (QED) is 0.896. The standard InChI is InChI=1S/C12H13N3O3S/c1-3-8-4-9(12(17)18)11(19-8)14-10(16)7-5-13-15(2)6-7/h4-6H,3H2,1-2H3,(H,14,16)(H,17,18). The number of nitrogens with zero attached hydrogens (tertiary/aromatic N) is 2. The minimum atomic E-state index is -1.04. The first-order valence-electron chi connectivity index (χ1n) is 5.67. The molecule has 2 aromatic heterocycles. The summed E-state index contributed by atoms with van der Waals surface area (Å²) in [6.45, 7) is 1.93. The van der Waals surface area contributed by atoms with Crippen molar-refractivity contribution in [1.82, 2.24) is 9.78 Å². The number of aryl methyl sites for hydroxylation is 2. The van der Waals surface area contributed by atoms with E-state index < -0.39 is 5.97 Å². The number of nitrogens with one attached hydrogen (secondary N) is 1. The monoisotopic (exact) mass is 279 g/mol. The molecule has 0 aliphatic carbocycles. The number of aromatic carboxylic acids is 1. The van der Waals surface area contributed by atoms with E-state index in [1.807, 2.05) is 6.92 Å². The highest BCUT2D eigenvalue weighted by atomic mass is 32.1. The lowest BCUT2D eigenvalue weighted by Crippen LogP contribution is -2.12. The highest BCUT2D eigenvalue weighted by Crippen LogP contribution is 2.29. The number of aromatic nitrogens is 2. The molecule has 2 heterocycles. The van der Waals surface area contributed by atoms with Crippen molar-refractivity contribution in [3.05, 3.63) is 34.5 Å². The summed E-state index contributed by atoms with van der Waals surface area (Å²) in [7, 11) is 1.71. The smallest absolute Gasteiger partial charge is 0.338 e. The molecular formula is C12H13N3O3S. The molecule has 2 N–H and O–H groups in total. The second-order valence-electron chi connectivity index (χ2n) is 3.97. The average molecular weight is 279 g/mol. The van der Waals surface area contributed by atoms with E-state index in [4.69, 9.17) is 5.11 Å². The van der Waals surface area contributed by atoms with E-state index in [0.717, 1.165) is 11.3 Å². The number of carboxylic acid groups (broad SMARTS) is 1. The van der Waals surface area contributed by atoms with Gasteiger partial charge in [-0.1, -0.05) is 6.92 Å². The molecule has 0 radical (unpaired) electrons. The number of thiophene rings is 1. The van der Waals surface area contributed by atoms with E-state index in [9.17, 15) is 9.59 Å². The van der Waals surface area contributed by atoms with Gasteiger partial charge in [-0.15, -0.1) is 11.3 Å². The molecular weight excluding hydrogens is 266 g/mol. The topological polar surface area (TPSA) is 84.2 Å². The zero-order chi connectivity index (χ0) is 14.0. The SMILES string of the molecule is CCc1cc(C(=O)O)c(NC(=O)c2cnn(C)c2)s1. The fourth-order valence-corrected chi connectivity index (χ4v) is 2.56. The third-order valence-electron chi connectivity index (χ3n) is 2.56. The van der Waals surface area contributed by atoms with E-state index in [0.29, 0.717) is 10.6 Å². The number of hydrogen-bond acceptors (Lipinski definition) is 4. The van der Waals surface area contributed by atoms with E-state index in [-0.39, 0.29) is 11.5 Å². The Balaban J connectivity index is 2.25. The maximum Gasteiger partial charge on any atom is 0.338 e. The van der Waals surface area contributed by atoms with Crippen LogP contribution in [-0.2, 0) is 13.5 Å². The third-order valence-corrected chi connectivity index (χ3v) is 3.75. The van der Waals surface area contributed by atoms with E-state index in [2.05, 4.69) is 10.4 Å². The van der Waals surface area contributed by atoms with Gasteiger partial charge in [0.15, 0.2) is 0 Å². The van der Waals surface area contributed by atoms with Gasteiger partial charge in [0, 0.05) is 18.1 Å². The molecule has 0 saturated heterocycles. The summed E-state index contributed by atoms with van der Waals surface area (Å²) in [5, 5.41) is 16.0. The second-order valence-corrected chi connectivity index (χ2v) is 5.11. The van der Waals surface area contributed by atoms with Gasteiger partial charge in [0.2, 0.25) is 0 Å². The lowest BCUT2D eigenvalue weighted by molar-refractivity contribution is 0.0698. The van der Waals surface area contributed by atoms with Crippen LogP contribution in [0.4, 0.5) is 5.00 Å². The fourth-order valence-electron chi connectivity index (χ4n) is 1.58. The maximum atomic E-state index is 11.9. The van der Waals surface area contributed by atoms with Crippen molar-refractivity contribution < 1.29 is 14.7 Å². The molecule has 0 aliphatic heterocycles. The second kappa shape index (κ2) is 5.23. The molecule has 0 aliphatic rings. The molecule has 7 heteroatoms. The summed E-state index contributed by atoms with van der Waals surface area (Å²) < 4.78 is 1.51. The third kappa shape index (κ3) is 2.82. The first kappa shape index (κ1) is 13.3. The van der Waals surface area contributed by atoms with Crippen molar-refractivity contribution in [2.24, 2.45) is 7.05 Å². The molecule has 0 fully saturated rings. The molecule has 0 atom stereocenters. The lowest BCUT2D eigenvalue weighted by Gasteiger charge is -2.01. The van der Waals surface area contributed by atoms with Gasteiger partial charge in [-0.2, -0.15) is 5.10 Å². The zero-order valence-electron chi connectivity index (χ0n) is 10.5. The van der Waals surface area contributed by atoms with Crippen LogP contribution in [0.1, 0.15) is 32.5 Å². The fraction of sp³-hybridized carbons (Fsp3) is 0.250. The number of carbonyl (C=O) groups is 2. The molecule has 1 amide bonds. The molecule has 6 nitrogen and oxygen atoms in total.